The number of aliphatic hydroxyl groups is 1. The number of fused-ring (bicyclic) bond motifs is 3. The lowest BCUT2D eigenvalue weighted by Gasteiger charge is -2.31. The second-order valence-electron chi connectivity index (χ2n) is 8.81. The Morgan fingerprint density at radius 3 is 2.56 bits per heavy atom. The second-order valence-corrected chi connectivity index (χ2v) is 8.81. The summed E-state index contributed by atoms with van der Waals surface area (Å²) in [6, 6.07) is 25.6. The van der Waals surface area contributed by atoms with Gasteiger partial charge in [0.15, 0.2) is 11.6 Å². The summed E-state index contributed by atoms with van der Waals surface area (Å²) >= 11 is 0. The molecule has 0 saturated heterocycles. The summed E-state index contributed by atoms with van der Waals surface area (Å²) in [5, 5.41) is 8.95. The number of carbonyl (C=O) groups excluding carboxylic acids is 1. The van der Waals surface area contributed by atoms with Crippen LogP contribution in [0.1, 0.15) is 34.8 Å². The Balaban J connectivity index is 1.56. The molecule has 5 rings (SSSR count). The average molecular weight is 457 g/mol. The van der Waals surface area contributed by atoms with E-state index in [0.717, 1.165) is 22.3 Å². The highest BCUT2D eigenvalue weighted by atomic mass is 16.5. The van der Waals surface area contributed by atoms with Crippen LogP contribution in [0.15, 0.2) is 83.9 Å². The van der Waals surface area contributed by atoms with Crippen molar-refractivity contribution in [2.24, 2.45) is 4.99 Å². The van der Waals surface area contributed by atoms with Crippen molar-refractivity contribution in [1.82, 2.24) is 4.90 Å². The Labute approximate surface area is 199 Å². The third kappa shape index (κ3) is 4.05. The molecule has 0 unspecified atom stereocenters. The Morgan fingerprint density at radius 2 is 1.79 bits per heavy atom. The Bertz CT molecular complexity index is 1190. The van der Waals surface area contributed by atoms with Crippen molar-refractivity contribution in [3.8, 4) is 5.75 Å². The minimum atomic E-state index is -1.09. The van der Waals surface area contributed by atoms with Crippen molar-refractivity contribution in [1.29, 1.82) is 0 Å². The normalized spacial score (nSPS) is 21.2. The van der Waals surface area contributed by atoms with Gasteiger partial charge in [0.2, 0.25) is 5.90 Å². The standard InChI is InChI=1S/C28H28N2O4/c1-30-19-22-10-5-6-11-24(22)25-28(27(30)32,18-20-8-3-2-4-9-20)29-26(34-25)21-12-14-23(15-13-21)33-17-7-16-31/h2-6,8-15,25,31H,7,16-19H2,1H3/t25-,28-/m1/s1. The van der Waals surface area contributed by atoms with Gasteiger partial charge >= 0.3 is 0 Å². The van der Waals surface area contributed by atoms with Crippen molar-refractivity contribution in [3.63, 3.8) is 0 Å². The topological polar surface area (TPSA) is 71.4 Å². The molecule has 3 aromatic carbocycles. The fraction of sp³-hybridized carbons (Fsp3) is 0.286. The number of carbonyl (C=O) groups is 1. The predicted molar refractivity (Wildman–Crippen MR) is 130 cm³/mol. The van der Waals surface area contributed by atoms with Crippen LogP contribution in [-0.2, 0) is 22.5 Å². The van der Waals surface area contributed by atoms with E-state index in [1.807, 2.05) is 79.8 Å². The van der Waals surface area contributed by atoms with Crippen LogP contribution in [0.3, 0.4) is 0 Å². The van der Waals surface area contributed by atoms with E-state index in [9.17, 15) is 4.79 Å². The fourth-order valence-electron chi connectivity index (χ4n) is 4.74. The summed E-state index contributed by atoms with van der Waals surface area (Å²) in [4.78, 5) is 20.7. The second kappa shape index (κ2) is 9.31. The Hall–Kier alpha value is -3.64. The number of amides is 1. The lowest BCUT2D eigenvalue weighted by molar-refractivity contribution is -0.138. The van der Waals surface area contributed by atoms with Gasteiger partial charge in [-0.05, 0) is 35.4 Å². The van der Waals surface area contributed by atoms with Gasteiger partial charge in [-0.2, -0.15) is 0 Å². The van der Waals surface area contributed by atoms with Crippen LogP contribution in [0, 0.1) is 0 Å². The van der Waals surface area contributed by atoms with Crippen molar-refractivity contribution in [2.75, 3.05) is 20.3 Å². The summed E-state index contributed by atoms with van der Waals surface area (Å²) in [6.07, 6.45) is 0.509. The molecule has 0 aromatic heterocycles. The molecule has 34 heavy (non-hydrogen) atoms. The van der Waals surface area contributed by atoms with Crippen LogP contribution < -0.4 is 4.74 Å². The molecule has 2 heterocycles. The van der Waals surface area contributed by atoms with E-state index in [0.29, 0.717) is 37.6 Å². The molecule has 2 atom stereocenters. The van der Waals surface area contributed by atoms with E-state index in [1.54, 1.807) is 4.90 Å². The van der Waals surface area contributed by atoms with Crippen molar-refractivity contribution < 1.29 is 19.4 Å². The van der Waals surface area contributed by atoms with Crippen molar-refractivity contribution in [3.05, 3.63) is 101 Å². The zero-order valence-corrected chi connectivity index (χ0v) is 19.2. The molecule has 0 bridgehead atoms. The summed E-state index contributed by atoms with van der Waals surface area (Å²) < 4.78 is 12.2. The molecule has 174 valence electrons. The quantitative estimate of drug-likeness (QED) is 0.547. The van der Waals surface area contributed by atoms with Crippen LogP contribution in [0.5, 0.6) is 5.75 Å². The zero-order chi connectivity index (χ0) is 23.5. The van der Waals surface area contributed by atoms with Gasteiger partial charge < -0.3 is 19.5 Å². The molecule has 0 spiro atoms. The first-order valence-electron chi connectivity index (χ1n) is 11.6. The smallest absolute Gasteiger partial charge is 0.255 e. The molecule has 2 aliphatic rings. The molecule has 2 aliphatic heterocycles. The Morgan fingerprint density at radius 1 is 1.06 bits per heavy atom. The molecule has 1 N–H and O–H groups in total. The van der Waals surface area contributed by atoms with E-state index >= 15 is 0 Å². The number of ether oxygens (including phenoxy) is 2. The predicted octanol–water partition coefficient (Wildman–Crippen LogP) is 3.92. The highest BCUT2D eigenvalue weighted by Crippen LogP contribution is 2.46. The van der Waals surface area contributed by atoms with Crippen LogP contribution in [-0.4, -0.2) is 47.6 Å². The largest absolute Gasteiger partial charge is 0.494 e. The monoisotopic (exact) mass is 456 g/mol. The summed E-state index contributed by atoms with van der Waals surface area (Å²) in [5.74, 6) is 1.13. The molecule has 0 saturated carbocycles. The Kier molecular flexibility index (Phi) is 6.07. The first-order chi connectivity index (χ1) is 16.6. The maximum Gasteiger partial charge on any atom is 0.255 e. The highest BCUT2D eigenvalue weighted by Gasteiger charge is 2.56. The van der Waals surface area contributed by atoms with Gasteiger partial charge in [-0.1, -0.05) is 54.6 Å². The van der Waals surface area contributed by atoms with Gasteiger partial charge in [-0.25, -0.2) is 4.99 Å². The summed E-state index contributed by atoms with van der Waals surface area (Å²) in [6.45, 7) is 1.07. The van der Waals surface area contributed by atoms with Crippen LogP contribution in [0.2, 0.25) is 0 Å². The number of hydrogen-bond donors (Lipinski definition) is 1. The lowest BCUT2D eigenvalue weighted by atomic mass is 9.82. The van der Waals surface area contributed by atoms with E-state index < -0.39 is 11.6 Å². The van der Waals surface area contributed by atoms with E-state index in [2.05, 4.69) is 6.07 Å². The third-order valence-corrected chi connectivity index (χ3v) is 6.42. The first-order valence-corrected chi connectivity index (χ1v) is 11.6. The number of nitrogens with zero attached hydrogens (tertiary/aromatic N) is 2. The van der Waals surface area contributed by atoms with Crippen LogP contribution >= 0.6 is 0 Å². The highest BCUT2D eigenvalue weighted by molar-refractivity contribution is 6.01. The number of likely N-dealkylation sites (N-methyl/N-ethyl adjacent to an activating group) is 1. The van der Waals surface area contributed by atoms with Gasteiger partial charge in [-0.3, -0.25) is 4.79 Å². The molecule has 6 nitrogen and oxygen atoms in total. The third-order valence-electron chi connectivity index (χ3n) is 6.42. The minimum absolute atomic E-state index is 0.0449. The number of rotatable bonds is 7. The van der Waals surface area contributed by atoms with Crippen LogP contribution in [0.25, 0.3) is 0 Å². The van der Waals surface area contributed by atoms with Crippen molar-refractivity contribution in [2.45, 2.75) is 31.0 Å². The molecule has 0 aliphatic carbocycles. The molecule has 0 fully saturated rings. The molecule has 0 radical (unpaired) electrons. The van der Waals surface area contributed by atoms with Gasteiger partial charge in [0.1, 0.15) is 5.75 Å². The van der Waals surface area contributed by atoms with Gasteiger partial charge in [0, 0.05) is 44.2 Å². The maximum atomic E-state index is 13.9. The SMILES string of the molecule is CN1Cc2ccccc2[C@H]2OC(c3ccc(OCCCO)cc3)=N[C@@]2(Cc2ccccc2)C1=O. The molecule has 3 aromatic rings. The van der Waals surface area contributed by atoms with Gasteiger partial charge in [-0.15, -0.1) is 0 Å². The van der Waals surface area contributed by atoms with Crippen molar-refractivity contribution >= 4 is 11.8 Å². The molecule has 1 amide bonds. The summed E-state index contributed by atoms with van der Waals surface area (Å²) in [5.41, 5.74) is 2.81. The molecular formula is C28H28N2O4. The summed E-state index contributed by atoms with van der Waals surface area (Å²) in [7, 11) is 1.83. The number of aliphatic imine (C=N–C) groups is 1. The number of hydrogen-bond acceptors (Lipinski definition) is 5. The lowest BCUT2D eigenvalue weighted by Crippen LogP contribution is -2.48. The number of aliphatic hydroxyl groups excluding tert-OH is 1. The molecule has 6 heteroatoms. The first kappa shape index (κ1) is 22.2. The zero-order valence-electron chi connectivity index (χ0n) is 19.2. The van der Waals surface area contributed by atoms with Crippen LogP contribution in [0.4, 0.5) is 0 Å². The van der Waals surface area contributed by atoms with Gasteiger partial charge in [0.05, 0.1) is 6.61 Å². The minimum Gasteiger partial charge on any atom is -0.494 e. The van der Waals surface area contributed by atoms with E-state index in [4.69, 9.17) is 19.6 Å². The average Bonchev–Trinajstić information content (AvgIpc) is 3.22. The number of benzene rings is 3. The van der Waals surface area contributed by atoms with E-state index in [1.165, 1.54) is 0 Å². The van der Waals surface area contributed by atoms with Gasteiger partial charge in [0.25, 0.3) is 5.91 Å². The maximum absolute atomic E-state index is 13.9. The molecular weight excluding hydrogens is 428 g/mol. The fourth-order valence-corrected chi connectivity index (χ4v) is 4.74. The van der Waals surface area contributed by atoms with E-state index in [-0.39, 0.29) is 12.5 Å².